The average Bonchev–Trinajstić information content (AvgIpc) is 2.01. The lowest BCUT2D eigenvalue weighted by atomic mass is 10.3. The monoisotopic (exact) mass is 222 g/mol. The number of nitrogens with two attached hydrogens (primary N) is 1. The number of hydrogen-bond acceptors (Lipinski definition) is 3. The minimum Gasteiger partial charge on any atom is -0.254 e. The van der Waals surface area contributed by atoms with Crippen molar-refractivity contribution < 1.29 is 17.2 Å². The summed E-state index contributed by atoms with van der Waals surface area (Å²) in [5.41, 5.74) is -0.350. The van der Waals surface area contributed by atoms with Crippen molar-refractivity contribution in [1.82, 2.24) is 4.98 Å². The summed E-state index contributed by atoms with van der Waals surface area (Å²) >= 11 is 0. The molecule has 1 rings (SSSR count). The van der Waals surface area contributed by atoms with E-state index in [4.69, 9.17) is 5.14 Å². The van der Waals surface area contributed by atoms with Gasteiger partial charge in [0.25, 0.3) is 6.43 Å². The molecular formula is C7H8F2N2O2S. The Morgan fingerprint density at radius 1 is 1.50 bits per heavy atom. The molecule has 1 heterocycles. The summed E-state index contributed by atoms with van der Waals surface area (Å²) in [5.74, 6) is 0. The lowest BCUT2D eigenvalue weighted by Crippen LogP contribution is -2.16. The summed E-state index contributed by atoms with van der Waals surface area (Å²) in [7, 11) is -4.14. The van der Waals surface area contributed by atoms with E-state index in [1.54, 1.807) is 0 Å². The highest BCUT2D eigenvalue weighted by Gasteiger charge is 2.21. The summed E-state index contributed by atoms with van der Waals surface area (Å²) in [5, 5.41) is 4.76. The predicted octanol–water partition coefficient (Wildman–Crippen LogP) is 0.975. The Balaban J connectivity index is 3.46. The number of alkyl halides is 2. The van der Waals surface area contributed by atoms with Crippen molar-refractivity contribution in [1.29, 1.82) is 0 Å². The molecule has 0 atom stereocenters. The van der Waals surface area contributed by atoms with E-state index in [2.05, 4.69) is 4.98 Å². The van der Waals surface area contributed by atoms with Gasteiger partial charge in [0, 0.05) is 6.20 Å². The Morgan fingerprint density at radius 3 is 2.50 bits per heavy atom. The van der Waals surface area contributed by atoms with E-state index in [9.17, 15) is 17.2 Å². The highest BCUT2D eigenvalue weighted by Crippen LogP contribution is 2.23. The fourth-order valence-electron chi connectivity index (χ4n) is 0.945. The van der Waals surface area contributed by atoms with Gasteiger partial charge in [-0.3, -0.25) is 4.98 Å². The molecule has 2 N–H and O–H groups in total. The summed E-state index contributed by atoms with van der Waals surface area (Å²) < 4.78 is 46.4. The number of nitrogens with zero attached hydrogens (tertiary/aromatic N) is 1. The van der Waals surface area contributed by atoms with Crippen LogP contribution in [0.15, 0.2) is 17.2 Å². The third-order valence-electron chi connectivity index (χ3n) is 1.53. The number of aromatic nitrogens is 1. The van der Waals surface area contributed by atoms with Crippen LogP contribution in [-0.2, 0) is 10.0 Å². The van der Waals surface area contributed by atoms with E-state index in [0.717, 1.165) is 12.3 Å². The van der Waals surface area contributed by atoms with Crippen LogP contribution in [0.4, 0.5) is 8.78 Å². The van der Waals surface area contributed by atoms with Crippen molar-refractivity contribution in [2.75, 3.05) is 0 Å². The molecule has 0 saturated carbocycles. The summed E-state index contributed by atoms with van der Waals surface area (Å²) in [6.07, 6.45) is -1.79. The smallest absolute Gasteiger partial charge is 0.254 e. The SMILES string of the molecule is Cc1cnc(C(F)F)c(S(N)(=O)=O)c1. The predicted molar refractivity (Wildman–Crippen MR) is 45.3 cm³/mol. The van der Waals surface area contributed by atoms with Crippen LogP contribution in [-0.4, -0.2) is 13.4 Å². The molecule has 0 aromatic carbocycles. The number of rotatable bonds is 2. The maximum absolute atomic E-state index is 12.3. The molecule has 1 aromatic rings. The molecule has 0 aliphatic rings. The van der Waals surface area contributed by atoms with Crippen LogP contribution >= 0.6 is 0 Å². The van der Waals surface area contributed by atoms with Crippen LogP contribution in [0.25, 0.3) is 0 Å². The zero-order chi connectivity index (χ0) is 10.9. The van der Waals surface area contributed by atoms with Gasteiger partial charge in [-0.2, -0.15) is 0 Å². The van der Waals surface area contributed by atoms with Crippen LogP contribution in [0.1, 0.15) is 17.7 Å². The van der Waals surface area contributed by atoms with E-state index >= 15 is 0 Å². The maximum Gasteiger partial charge on any atom is 0.281 e. The van der Waals surface area contributed by atoms with Gasteiger partial charge in [-0.1, -0.05) is 0 Å². The molecule has 0 saturated heterocycles. The number of aryl methyl sites for hydroxylation is 1. The van der Waals surface area contributed by atoms with Crippen molar-refractivity contribution in [2.45, 2.75) is 18.2 Å². The number of hydrogen-bond donors (Lipinski definition) is 1. The maximum atomic E-state index is 12.3. The third kappa shape index (κ3) is 2.24. The first-order valence-corrected chi connectivity index (χ1v) is 5.14. The number of halogens is 2. The van der Waals surface area contributed by atoms with Crippen molar-refractivity contribution in [3.05, 3.63) is 23.5 Å². The first-order chi connectivity index (χ1) is 6.32. The molecule has 0 aliphatic heterocycles. The summed E-state index contributed by atoms with van der Waals surface area (Å²) in [6.45, 7) is 1.54. The minimum absolute atomic E-state index is 0.457. The van der Waals surface area contributed by atoms with Gasteiger partial charge in [0.1, 0.15) is 10.6 Å². The van der Waals surface area contributed by atoms with Gasteiger partial charge in [-0.25, -0.2) is 22.3 Å². The lowest BCUT2D eigenvalue weighted by Gasteiger charge is -2.06. The number of sulfonamides is 1. The second kappa shape index (κ2) is 3.58. The molecule has 0 aliphatic carbocycles. The first-order valence-electron chi connectivity index (χ1n) is 3.60. The summed E-state index contributed by atoms with van der Waals surface area (Å²) in [6, 6.07) is 1.07. The highest BCUT2D eigenvalue weighted by molar-refractivity contribution is 7.89. The van der Waals surface area contributed by atoms with Crippen LogP contribution in [0.2, 0.25) is 0 Å². The van der Waals surface area contributed by atoms with Crippen molar-refractivity contribution >= 4 is 10.0 Å². The third-order valence-corrected chi connectivity index (χ3v) is 2.47. The molecule has 0 unspecified atom stereocenters. The van der Waals surface area contributed by atoms with E-state index in [0.29, 0.717) is 5.56 Å². The standard InChI is InChI=1S/C7H8F2N2O2S/c1-4-2-5(14(10,12)13)6(7(8)9)11-3-4/h2-3,7H,1H3,(H2,10,12,13). The molecule has 0 bridgehead atoms. The molecule has 7 heteroatoms. The Bertz CT molecular complexity index is 445. The second-order valence-electron chi connectivity index (χ2n) is 2.74. The zero-order valence-electron chi connectivity index (χ0n) is 7.24. The Morgan fingerprint density at radius 2 is 2.07 bits per heavy atom. The second-order valence-corrected chi connectivity index (χ2v) is 4.27. The molecular weight excluding hydrogens is 214 g/mol. The van der Waals surface area contributed by atoms with Crippen LogP contribution < -0.4 is 5.14 Å². The van der Waals surface area contributed by atoms with Gasteiger partial charge in [0.2, 0.25) is 10.0 Å². The molecule has 1 aromatic heterocycles. The van der Waals surface area contributed by atoms with E-state index in [-0.39, 0.29) is 0 Å². The van der Waals surface area contributed by atoms with Gasteiger partial charge in [0.05, 0.1) is 0 Å². The number of pyridine rings is 1. The van der Waals surface area contributed by atoms with E-state index < -0.39 is 27.0 Å². The van der Waals surface area contributed by atoms with Crippen LogP contribution in [0.3, 0.4) is 0 Å². The topological polar surface area (TPSA) is 73.0 Å². The minimum atomic E-state index is -4.14. The van der Waals surface area contributed by atoms with E-state index in [1.165, 1.54) is 6.92 Å². The molecule has 0 fully saturated rings. The molecule has 14 heavy (non-hydrogen) atoms. The first kappa shape index (κ1) is 11.0. The van der Waals surface area contributed by atoms with Gasteiger partial charge in [-0.15, -0.1) is 0 Å². The largest absolute Gasteiger partial charge is 0.281 e. The van der Waals surface area contributed by atoms with Crippen molar-refractivity contribution in [3.8, 4) is 0 Å². The average molecular weight is 222 g/mol. The Hall–Kier alpha value is -1.08. The zero-order valence-corrected chi connectivity index (χ0v) is 8.05. The molecule has 0 amide bonds. The van der Waals surface area contributed by atoms with Crippen LogP contribution in [0.5, 0.6) is 0 Å². The van der Waals surface area contributed by atoms with Gasteiger partial charge in [-0.05, 0) is 18.6 Å². The fourth-order valence-corrected chi connectivity index (χ4v) is 1.73. The van der Waals surface area contributed by atoms with Crippen molar-refractivity contribution in [3.63, 3.8) is 0 Å². The van der Waals surface area contributed by atoms with E-state index in [1.807, 2.05) is 0 Å². The number of primary sulfonamides is 1. The lowest BCUT2D eigenvalue weighted by molar-refractivity contribution is 0.142. The quantitative estimate of drug-likeness (QED) is 0.810. The van der Waals surface area contributed by atoms with Gasteiger partial charge >= 0.3 is 0 Å². The Labute approximate surface area is 79.8 Å². The molecule has 78 valence electrons. The van der Waals surface area contributed by atoms with Crippen molar-refractivity contribution in [2.24, 2.45) is 5.14 Å². The highest BCUT2D eigenvalue weighted by atomic mass is 32.2. The van der Waals surface area contributed by atoms with Crippen LogP contribution in [0, 0.1) is 6.92 Å². The normalized spacial score (nSPS) is 12.1. The summed E-state index contributed by atoms with van der Waals surface area (Å²) in [4.78, 5) is 2.72. The molecule has 0 radical (unpaired) electrons. The Kier molecular flexibility index (Phi) is 2.81. The molecule has 0 spiro atoms. The van der Waals surface area contributed by atoms with Gasteiger partial charge in [0.15, 0.2) is 0 Å². The van der Waals surface area contributed by atoms with Gasteiger partial charge < -0.3 is 0 Å². The molecule has 4 nitrogen and oxygen atoms in total. The fraction of sp³-hybridized carbons (Fsp3) is 0.286.